The van der Waals surface area contributed by atoms with Gasteiger partial charge in [0.1, 0.15) is 5.69 Å². The first-order valence-electron chi connectivity index (χ1n) is 7.61. The van der Waals surface area contributed by atoms with Crippen molar-refractivity contribution in [3.63, 3.8) is 0 Å². The van der Waals surface area contributed by atoms with Crippen LogP contribution in [0.15, 0.2) is 36.4 Å². The molecular weight excluding hydrogens is 369 g/mol. The molecule has 2 aromatic carbocycles. The maximum atomic E-state index is 13.7. The van der Waals surface area contributed by atoms with E-state index >= 15 is 0 Å². The van der Waals surface area contributed by atoms with Crippen LogP contribution in [0.4, 0.5) is 22.0 Å². The molecule has 0 unspecified atom stereocenters. The van der Waals surface area contributed by atoms with Crippen molar-refractivity contribution in [1.29, 1.82) is 0 Å². The molecule has 0 fully saturated rings. The molecule has 1 amide bonds. The molecule has 9 heteroatoms. The van der Waals surface area contributed by atoms with Crippen molar-refractivity contribution in [2.45, 2.75) is 6.43 Å². The minimum absolute atomic E-state index is 0.0430. The van der Waals surface area contributed by atoms with E-state index in [1.54, 1.807) is 0 Å². The molecule has 0 radical (unpaired) electrons. The van der Waals surface area contributed by atoms with Gasteiger partial charge in [-0.3, -0.25) is 9.48 Å². The third kappa shape index (κ3) is 3.16. The van der Waals surface area contributed by atoms with E-state index in [2.05, 4.69) is 5.10 Å². The number of nitrogens with two attached hydrogens (primary N) is 1. The van der Waals surface area contributed by atoms with Crippen LogP contribution in [0.25, 0.3) is 22.4 Å². The van der Waals surface area contributed by atoms with Crippen LogP contribution in [0, 0.1) is 17.5 Å². The normalized spacial score (nSPS) is 11.2. The van der Waals surface area contributed by atoms with Crippen LogP contribution in [0.3, 0.4) is 0 Å². The molecule has 3 aromatic rings. The van der Waals surface area contributed by atoms with Crippen LogP contribution in [0.1, 0.15) is 22.5 Å². The van der Waals surface area contributed by atoms with Gasteiger partial charge in [0.05, 0.1) is 11.3 Å². The highest BCUT2D eigenvalue weighted by molar-refractivity contribution is 6.02. The number of carbonyl (C=O) groups is 1. The Kier molecular flexibility index (Phi) is 4.69. The molecule has 0 aliphatic carbocycles. The molecule has 27 heavy (non-hydrogen) atoms. The standard InChI is InChI=1S/C18H12F5N3O/c1-26-16(13(18(24)27)15(25-26)17(22)23)10-5-3-2-4-9(10)8-6-11(19)14(21)12(20)7-8/h2-7,17H,1H3,(H2,24,27). The molecule has 0 atom stereocenters. The number of hydrogen-bond acceptors (Lipinski definition) is 2. The van der Waals surface area contributed by atoms with E-state index in [0.29, 0.717) is 0 Å². The third-order valence-corrected chi connectivity index (χ3v) is 4.00. The van der Waals surface area contributed by atoms with Gasteiger partial charge in [0.15, 0.2) is 17.5 Å². The quantitative estimate of drug-likeness (QED) is 0.544. The summed E-state index contributed by atoms with van der Waals surface area (Å²) < 4.78 is 68.1. The molecule has 4 nitrogen and oxygen atoms in total. The molecular formula is C18H12F5N3O. The van der Waals surface area contributed by atoms with Gasteiger partial charge in [0, 0.05) is 12.6 Å². The van der Waals surface area contributed by atoms with E-state index in [4.69, 9.17) is 5.73 Å². The highest BCUT2D eigenvalue weighted by atomic mass is 19.3. The monoisotopic (exact) mass is 381 g/mol. The summed E-state index contributed by atoms with van der Waals surface area (Å²) in [7, 11) is 1.33. The number of aromatic nitrogens is 2. The van der Waals surface area contributed by atoms with Crippen LogP contribution < -0.4 is 5.73 Å². The zero-order valence-corrected chi connectivity index (χ0v) is 13.8. The summed E-state index contributed by atoms with van der Waals surface area (Å²) in [6.07, 6.45) is -3.06. The highest BCUT2D eigenvalue weighted by Gasteiger charge is 2.28. The molecule has 0 bridgehead atoms. The number of halogens is 5. The minimum Gasteiger partial charge on any atom is -0.365 e. The van der Waals surface area contributed by atoms with E-state index in [9.17, 15) is 26.7 Å². The number of nitrogens with zero attached hydrogens (tertiary/aromatic N) is 2. The Morgan fingerprint density at radius 3 is 2.15 bits per heavy atom. The maximum absolute atomic E-state index is 13.7. The third-order valence-electron chi connectivity index (χ3n) is 4.00. The summed E-state index contributed by atoms with van der Waals surface area (Å²) in [5.41, 5.74) is 4.24. The molecule has 0 saturated heterocycles. The van der Waals surface area contributed by atoms with E-state index in [-0.39, 0.29) is 22.4 Å². The topological polar surface area (TPSA) is 60.9 Å². The largest absolute Gasteiger partial charge is 0.365 e. The SMILES string of the molecule is Cn1nc(C(F)F)c(C(N)=O)c1-c1ccccc1-c1cc(F)c(F)c(F)c1. The molecule has 3 rings (SSSR count). The number of benzene rings is 2. The number of carbonyl (C=O) groups excluding carboxylic acids is 1. The molecule has 2 N–H and O–H groups in total. The Bertz CT molecular complexity index is 1020. The fourth-order valence-corrected chi connectivity index (χ4v) is 2.90. The van der Waals surface area contributed by atoms with Crippen molar-refractivity contribution in [3.05, 3.63) is 65.1 Å². The fourth-order valence-electron chi connectivity index (χ4n) is 2.90. The van der Waals surface area contributed by atoms with Gasteiger partial charge in [-0.2, -0.15) is 5.10 Å². The van der Waals surface area contributed by atoms with Crippen LogP contribution in [0.2, 0.25) is 0 Å². The van der Waals surface area contributed by atoms with Crippen LogP contribution in [0.5, 0.6) is 0 Å². The minimum atomic E-state index is -3.06. The van der Waals surface area contributed by atoms with Crippen molar-refractivity contribution in [2.24, 2.45) is 12.8 Å². The average molecular weight is 381 g/mol. The number of alkyl halides is 2. The number of aryl methyl sites for hydroxylation is 1. The zero-order valence-electron chi connectivity index (χ0n) is 13.8. The van der Waals surface area contributed by atoms with Crippen molar-refractivity contribution in [2.75, 3.05) is 0 Å². The van der Waals surface area contributed by atoms with Gasteiger partial charge in [-0.1, -0.05) is 24.3 Å². The number of hydrogen-bond donors (Lipinski definition) is 1. The Morgan fingerprint density at radius 2 is 1.63 bits per heavy atom. The number of amides is 1. The van der Waals surface area contributed by atoms with Crippen molar-refractivity contribution in [3.8, 4) is 22.4 Å². The fraction of sp³-hybridized carbons (Fsp3) is 0.111. The molecule has 1 heterocycles. The summed E-state index contributed by atoms with van der Waals surface area (Å²) in [5, 5.41) is 3.65. The lowest BCUT2D eigenvalue weighted by atomic mass is 9.94. The molecule has 1 aromatic heterocycles. The molecule has 0 saturated carbocycles. The predicted octanol–water partition coefficient (Wildman–Crippen LogP) is 4.21. The van der Waals surface area contributed by atoms with Crippen LogP contribution >= 0.6 is 0 Å². The van der Waals surface area contributed by atoms with Gasteiger partial charge in [-0.05, 0) is 23.3 Å². The second-order valence-corrected chi connectivity index (χ2v) is 5.70. The molecule has 0 aliphatic rings. The number of primary amides is 1. The van der Waals surface area contributed by atoms with Crippen LogP contribution in [-0.4, -0.2) is 15.7 Å². The van der Waals surface area contributed by atoms with Crippen molar-refractivity contribution >= 4 is 5.91 Å². The average Bonchev–Trinajstić information content (AvgIpc) is 2.97. The van der Waals surface area contributed by atoms with Gasteiger partial charge in [-0.25, -0.2) is 22.0 Å². The molecule has 0 spiro atoms. The van der Waals surface area contributed by atoms with E-state index < -0.39 is 41.0 Å². The van der Waals surface area contributed by atoms with E-state index in [1.807, 2.05) is 0 Å². The van der Waals surface area contributed by atoms with Gasteiger partial charge >= 0.3 is 0 Å². The summed E-state index contributed by atoms with van der Waals surface area (Å²) in [6, 6.07) is 7.51. The second kappa shape index (κ2) is 6.82. The lowest BCUT2D eigenvalue weighted by Gasteiger charge is -2.12. The lowest BCUT2D eigenvalue weighted by Crippen LogP contribution is -2.14. The Labute approximate surface area is 150 Å². The van der Waals surface area contributed by atoms with Crippen LogP contribution in [-0.2, 0) is 7.05 Å². The van der Waals surface area contributed by atoms with Crippen molar-refractivity contribution < 1.29 is 26.7 Å². The summed E-state index contributed by atoms with van der Waals surface area (Å²) in [5.74, 6) is -5.57. The number of rotatable bonds is 4. The Morgan fingerprint density at radius 1 is 1.07 bits per heavy atom. The Hall–Kier alpha value is -3.23. The molecule has 140 valence electrons. The lowest BCUT2D eigenvalue weighted by molar-refractivity contribution is 0.0985. The predicted molar refractivity (Wildman–Crippen MR) is 87.4 cm³/mol. The van der Waals surface area contributed by atoms with E-state index in [1.165, 1.54) is 31.3 Å². The van der Waals surface area contributed by atoms with Crippen molar-refractivity contribution in [1.82, 2.24) is 9.78 Å². The Balaban J connectivity index is 2.32. The first-order valence-corrected chi connectivity index (χ1v) is 7.61. The summed E-state index contributed by atoms with van der Waals surface area (Å²) in [6.45, 7) is 0. The van der Waals surface area contributed by atoms with Gasteiger partial charge < -0.3 is 5.73 Å². The zero-order chi connectivity index (χ0) is 19.9. The first-order chi connectivity index (χ1) is 12.7. The van der Waals surface area contributed by atoms with Gasteiger partial charge in [0.25, 0.3) is 12.3 Å². The second-order valence-electron chi connectivity index (χ2n) is 5.70. The maximum Gasteiger partial charge on any atom is 0.282 e. The summed E-state index contributed by atoms with van der Waals surface area (Å²) >= 11 is 0. The van der Waals surface area contributed by atoms with E-state index in [0.717, 1.165) is 16.8 Å². The summed E-state index contributed by atoms with van der Waals surface area (Å²) in [4.78, 5) is 11.8. The van der Waals surface area contributed by atoms with Gasteiger partial charge in [0.2, 0.25) is 0 Å². The smallest absolute Gasteiger partial charge is 0.282 e. The highest BCUT2D eigenvalue weighted by Crippen LogP contribution is 2.37. The first kappa shape index (κ1) is 18.6. The van der Waals surface area contributed by atoms with Gasteiger partial charge in [-0.15, -0.1) is 0 Å². The molecule has 0 aliphatic heterocycles.